The van der Waals surface area contributed by atoms with Crippen LogP contribution in [-0.4, -0.2) is 16.5 Å². The summed E-state index contributed by atoms with van der Waals surface area (Å²) in [5.74, 6) is 2.16. The second kappa shape index (κ2) is 6.02. The van der Waals surface area contributed by atoms with E-state index in [0.717, 1.165) is 28.2 Å². The van der Waals surface area contributed by atoms with E-state index in [1.54, 1.807) is 0 Å². The number of hydrogen-bond acceptors (Lipinski definition) is 4. The van der Waals surface area contributed by atoms with Gasteiger partial charge >= 0.3 is 0 Å². The summed E-state index contributed by atoms with van der Waals surface area (Å²) < 4.78 is 1.09. The predicted molar refractivity (Wildman–Crippen MR) is 90.3 cm³/mol. The number of anilines is 3. The van der Waals surface area contributed by atoms with Gasteiger partial charge in [-0.1, -0.05) is 22.0 Å². The van der Waals surface area contributed by atoms with Gasteiger partial charge < -0.3 is 10.6 Å². The van der Waals surface area contributed by atoms with Crippen molar-refractivity contribution in [2.45, 2.75) is 32.6 Å². The maximum atomic E-state index is 4.60. The molecular weight excluding hydrogens is 328 g/mol. The molecule has 110 valence electrons. The first-order valence-corrected chi connectivity index (χ1v) is 8.11. The highest BCUT2D eigenvalue weighted by molar-refractivity contribution is 9.10. The summed E-state index contributed by atoms with van der Waals surface area (Å²) in [6.07, 6.45) is 2.47. The van der Waals surface area contributed by atoms with E-state index in [4.69, 9.17) is 0 Å². The molecule has 1 aromatic carbocycles. The Kier molecular flexibility index (Phi) is 4.10. The number of halogens is 1. The molecule has 1 heterocycles. The second-order valence-corrected chi connectivity index (χ2v) is 6.20. The minimum Gasteiger partial charge on any atom is -0.354 e. The lowest BCUT2D eigenvalue weighted by molar-refractivity contribution is 0.977. The fourth-order valence-electron chi connectivity index (χ4n) is 2.24. The van der Waals surface area contributed by atoms with Crippen LogP contribution in [0.4, 0.5) is 17.5 Å². The Balaban J connectivity index is 1.91. The standard InChI is InChI=1S/C16H19BrN4/c1-3-18-16-20-14(11-7-8-11)9-15(21-16)19-13-6-4-5-12(17)10(13)2/h4-6,9,11H,3,7-8H2,1-2H3,(H2,18,19,20,21). The molecule has 1 aromatic heterocycles. The molecule has 0 amide bonds. The van der Waals surface area contributed by atoms with E-state index in [-0.39, 0.29) is 0 Å². The molecule has 5 heteroatoms. The molecule has 0 unspecified atom stereocenters. The molecule has 0 atom stereocenters. The summed E-state index contributed by atoms with van der Waals surface area (Å²) in [6.45, 7) is 4.96. The average Bonchev–Trinajstić information content (AvgIpc) is 3.29. The van der Waals surface area contributed by atoms with Gasteiger partial charge in [0.05, 0.1) is 5.69 Å². The van der Waals surface area contributed by atoms with Crippen LogP contribution in [0, 0.1) is 6.92 Å². The third-order valence-electron chi connectivity index (χ3n) is 3.61. The van der Waals surface area contributed by atoms with Crippen molar-refractivity contribution in [2.75, 3.05) is 17.2 Å². The molecule has 1 fully saturated rings. The van der Waals surface area contributed by atoms with Crippen molar-refractivity contribution >= 4 is 33.4 Å². The zero-order valence-corrected chi connectivity index (χ0v) is 13.9. The van der Waals surface area contributed by atoms with Crippen LogP contribution in [0.15, 0.2) is 28.7 Å². The second-order valence-electron chi connectivity index (χ2n) is 5.34. The zero-order valence-electron chi connectivity index (χ0n) is 12.3. The Labute approximate surface area is 133 Å². The largest absolute Gasteiger partial charge is 0.354 e. The lowest BCUT2D eigenvalue weighted by Crippen LogP contribution is -2.06. The SMILES string of the molecule is CCNc1nc(Nc2cccc(Br)c2C)cc(C2CC2)n1. The van der Waals surface area contributed by atoms with E-state index in [0.29, 0.717) is 11.9 Å². The normalized spacial score (nSPS) is 14.0. The summed E-state index contributed by atoms with van der Waals surface area (Å²) in [4.78, 5) is 9.15. The smallest absolute Gasteiger partial charge is 0.224 e. The number of nitrogens with one attached hydrogen (secondary N) is 2. The first kappa shape index (κ1) is 14.3. The van der Waals surface area contributed by atoms with Crippen molar-refractivity contribution in [3.05, 3.63) is 40.0 Å². The summed E-state index contributed by atoms with van der Waals surface area (Å²) in [5.41, 5.74) is 3.37. The van der Waals surface area contributed by atoms with Crippen molar-refractivity contribution < 1.29 is 0 Å². The lowest BCUT2D eigenvalue weighted by Gasteiger charge is -2.12. The van der Waals surface area contributed by atoms with Crippen molar-refractivity contribution in [2.24, 2.45) is 0 Å². The maximum absolute atomic E-state index is 4.60. The maximum Gasteiger partial charge on any atom is 0.224 e. The predicted octanol–water partition coefficient (Wildman–Crippen LogP) is 4.60. The Bertz CT molecular complexity index is 653. The molecule has 1 saturated carbocycles. The van der Waals surface area contributed by atoms with Crippen LogP contribution in [0.2, 0.25) is 0 Å². The molecule has 0 radical (unpaired) electrons. The molecular formula is C16H19BrN4. The van der Waals surface area contributed by atoms with E-state index in [2.05, 4.69) is 62.5 Å². The number of rotatable bonds is 5. The van der Waals surface area contributed by atoms with Crippen LogP contribution in [0.3, 0.4) is 0 Å². The van der Waals surface area contributed by atoms with Crippen LogP contribution in [0.1, 0.15) is 36.9 Å². The van der Waals surface area contributed by atoms with Crippen molar-refractivity contribution in [1.29, 1.82) is 0 Å². The highest BCUT2D eigenvalue weighted by atomic mass is 79.9. The van der Waals surface area contributed by atoms with Gasteiger partial charge in [-0.15, -0.1) is 0 Å². The highest BCUT2D eigenvalue weighted by Crippen LogP contribution is 2.40. The molecule has 0 spiro atoms. The molecule has 0 saturated heterocycles. The van der Waals surface area contributed by atoms with E-state index in [9.17, 15) is 0 Å². The van der Waals surface area contributed by atoms with Gasteiger partial charge in [-0.3, -0.25) is 0 Å². The van der Waals surface area contributed by atoms with Gasteiger partial charge in [0.2, 0.25) is 5.95 Å². The van der Waals surface area contributed by atoms with Crippen molar-refractivity contribution in [3.8, 4) is 0 Å². The van der Waals surface area contributed by atoms with Crippen molar-refractivity contribution in [1.82, 2.24) is 9.97 Å². The molecule has 0 bridgehead atoms. The van der Waals surface area contributed by atoms with Gasteiger partial charge in [-0.2, -0.15) is 4.98 Å². The molecule has 2 N–H and O–H groups in total. The van der Waals surface area contributed by atoms with E-state index >= 15 is 0 Å². The summed E-state index contributed by atoms with van der Waals surface area (Å²) in [6, 6.07) is 8.19. The van der Waals surface area contributed by atoms with Gasteiger partial charge in [-0.05, 0) is 44.4 Å². The van der Waals surface area contributed by atoms with Gasteiger partial charge in [-0.25, -0.2) is 4.98 Å². The van der Waals surface area contributed by atoms with Crippen LogP contribution >= 0.6 is 15.9 Å². The van der Waals surface area contributed by atoms with Crippen LogP contribution < -0.4 is 10.6 Å². The number of nitrogens with zero attached hydrogens (tertiary/aromatic N) is 2. The highest BCUT2D eigenvalue weighted by Gasteiger charge is 2.26. The summed E-state index contributed by atoms with van der Waals surface area (Å²) in [5, 5.41) is 6.63. The van der Waals surface area contributed by atoms with Gasteiger partial charge in [0, 0.05) is 28.7 Å². The monoisotopic (exact) mass is 346 g/mol. The summed E-state index contributed by atoms with van der Waals surface area (Å²) in [7, 11) is 0. The average molecular weight is 347 g/mol. The molecule has 0 aliphatic heterocycles. The molecule has 21 heavy (non-hydrogen) atoms. The molecule has 4 nitrogen and oxygen atoms in total. The zero-order chi connectivity index (χ0) is 14.8. The Morgan fingerprint density at radius 3 is 2.81 bits per heavy atom. The first-order chi connectivity index (χ1) is 10.2. The molecule has 3 rings (SSSR count). The number of aromatic nitrogens is 2. The minimum atomic E-state index is 0.606. The Hall–Kier alpha value is -1.62. The third-order valence-corrected chi connectivity index (χ3v) is 4.47. The van der Waals surface area contributed by atoms with Crippen LogP contribution in [0.5, 0.6) is 0 Å². The van der Waals surface area contributed by atoms with Gasteiger partial charge in [0.15, 0.2) is 0 Å². The topological polar surface area (TPSA) is 49.8 Å². The quantitative estimate of drug-likeness (QED) is 0.830. The lowest BCUT2D eigenvalue weighted by atomic mass is 10.2. The molecule has 1 aliphatic rings. The number of hydrogen-bond donors (Lipinski definition) is 2. The van der Waals surface area contributed by atoms with E-state index in [1.165, 1.54) is 18.4 Å². The van der Waals surface area contributed by atoms with Crippen molar-refractivity contribution in [3.63, 3.8) is 0 Å². The first-order valence-electron chi connectivity index (χ1n) is 7.32. The van der Waals surface area contributed by atoms with Gasteiger partial charge in [0.25, 0.3) is 0 Å². The van der Waals surface area contributed by atoms with Crippen LogP contribution in [0.25, 0.3) is 0 Å². The molecule has 2 aromatic rings. The third kappa shape index (κ3) is 3.35. The van der Waals surface area contributed by atoms with E-state index in [1.807, 2.05) is 12.1 Å². The van der Waals surface area contributed by atoms with Gasteiger partial charge in [0.1, 0.15) is 5.82 Å². The van der Waals surface area contributed by atoms with E-state index < -0.39 is 0 Å². The Morgan fingerprint density at radius 2 is 2.10 bits per heavy atom. The number of benzene rings is 1. The summed E-state index contributed by atoms with van der Waals surface area (Å²) >= 11 is 3.56. The Morgan fingerprint density at radius 1 is 1.29 bits per heavy atom. The fraction of sp³-hybridized carbons (Fsp3) is 0.375. The molecule has 1 aliphatic carbocycles. The van der Waals surface area contributed by atoms with Crippen LogP contribution in [-0.2, 0) is 0 Å². The fourth-order valence-corrected chi connectivity index (χ4v) is 2.60. The minimum absolute atomic E-state index is 0.606.